The number of rotatable bonds is 3. The highest BCUT2D eigenvalue weighted by atomic mass is 19.4. The summed E-state index contributed by atoms with van der Waals surface area (Å²) in [5, 5.41) is 0. The van der Waals surface area contributed by atoms with Crippen LogP contribution in [0, 0.1) is 11.8 Å². The molecular weight excluding hydrogens is 229 g/mol. The molecule has 0 saturated carbocycles. The highest BCUT2D eigenvalue weighted by molar-refractivity contribution is 5.39. The van der Waals surface area contributed by atoms with Crippen molar-refractivity contribution < 1.29 is 17.9 Å². The van der Waals surface area contributed by atoms with E-state index < -0.39 is 11.7 Å². The third-order valence-electron chi connectivity index (χ3n) is 2.31. The fraction of sp³-hybridized carbons (Fsp3) is 0.385. The maximum atomic E-state index is 12.5. The van der Waals surface area contributed by atoms with Crippen molar-refractivity contribution in [1.29, 1.82) is 0 Å². The van der Waals surface area contributed by atoms with E-state index in [1.54, 1.807) is 6.92 Å². The molecule has 0 fully saturated rings. The molecular formula is C13H13F3O. The molecule has 1 rings (SSSR count). The Bertz CT molecular complexity index is 438. The fourth-order valence-electron chi connectivity index (χ4n) is 1.45. The van der Waals surface area contributed by atoms with E-state index in [9.17, 15) is 13.2 Å². The molecule has 0 radical (unpaired) electrons. The molecule has 0 aliphatic rings. The van der Waals surface area contributed by atoms with E-state index in [-0.39, 0.29) is 5.75 Å². The Morgan fingerprint density at radius 3 is 2.53 bits per heavy atom. The summed E-state index contributed by atoms with van der Waals surface area (Å²) in [6.07, 6.45) is -3.14. The highest BCUT2D eigenvalue weighted by Crippen LogP contribution is 2.33. The van der Waals surface area contributed by atoms with Crippen LogP contribution in [0.15, 0.2) is 18.2 Å². The largest absolute Gasteiger partial charge is 0.496 e. The Labute approximate surface area is 98.6 Å². The van der Waals surface area contributed by atoms with Gasteiger partial charge in [-0.25, -0.2) is 0 Å². The van der Waals surface area contributed by atoms with Gasteiger partial charge in [0.25, 0.3) is 0 Å². The zero-order valence-electron chi connectivity index (χ0n) is 9.69. The van der Waals surface area contributed by atoms with E-state index in [1.165, 1.54) is 13.2 Å². The first-order chi connectivity index (χ1) is 7.99. The summed E-state index contributed by atoms with van der Waals surface area (Å²) >= 11 is 0. The molecule has 1 aromatic carbocycles. The quantitative estimate of drug-likeness (QED) is 0.735. The predicted molar refractivity (Wildman–Crippen MR) is 59.8 cm³/mol. The number of ether oxygens (including phenoxy) is 1. The van der Waals surface area contributed by atoms with Crippen molar-refractivity contribution in [2.75, 3.05) is 7.11 Å². The Hall–Kier alpha value is -1.63. The monoisotopic (exact) mass is 242 g/mol. The number of hydrogen-bond acceptors (Lipinski definition) is 1. The lowest BCUT2D eigenvalue weighted by Crippen LogP contribution is -2.06. The molecule has 0 heterocycles. The van der Waals surface area contributed by atoms with Crippen LogP contribution in [0.2, 0.25) is 0 Å². The number of aryl methyl sites for hydroxylation is 1. The SMILES string of the molecule is CC#CCCc1ccc(C(F)(F)F)cc1OC. The molecule has 0 aromatic heterocycles. The van der Waals surface area contributed by atoms with E-state index in [1.807, 2.05) is 0 Å². The topological polar surface area (TPSA) is 9.23 Å². The second-order valence-corrected chi connectivity index (χ2v) is 3.45. The van der Waals surface area contributed by atoms with Crippen LogP contribution >= 0.6 is 0 Å². The van der Waals surface area contributed by atoms with Crippen molar-refractivity contribution in [3.63, 3.8) is 0 Å². The van der Waals surface area contributed by atoms with E-state index in [0.717, 1.165) is 17.7 Å². The number of benzene rings is 1. The number of alkyl halides is 3. The lowest BCUT2D eigenvalue weighted by atomic mass is 10.1. The van der Waals surface area contributed by atoms with Crippen LogP contribution in [0.4, 0.5) is 13.2 Å². The maximum absolute atomic E-state index is 12.5. The average molecular weight is 242 g/mol. The summed E-state index contributed by atoms with van der Waals surface area (Å²) in [6, 6.07) is 3.53. The summed E-state index contributed by atoms with van der Waals surface area (Å²) in [6.45, 7) is 1.73. The van der Waals surface area contributed by atoms with Gasteiger partial charge >= 0.3 is 6.18 Å². The summed E-state index contributed by atoms with van der Waals surface area (Å²) in [5.74, 6) is 5.87. The first-order valence-corrected chi connectivity index (χ1v) is 5.12. The highest BCUT2D eigenvalue weighted by Gasteiger charge is 2.31. The summed E-state index contributed by atoms with van der Waals surface area (Å²) in [7, 11) is 1.37. The number of hydrogen-bond donors (Lipinski definition) is 0. The molecule has 0 N–H and O–H groups in total. The zero-order valence-corrected chi connectivity index (χ0v) is 9.69. The van der Waals surface area contributed by atoms with Gasteiger partial charge in [-0.3, -0.25) is 0 Å². The van der Waals surface area contributed by atoms with Crippen LogP contribution in [0.3, 0.4) is 0 Å². The first kappa shape index (κ1) is 13.4. The van der Waals surface area contributed by atoms with Crippen molar-refractivity contribution >= 4 is 0 Å². The minimum absolute atomic E-state index is 0.262. The van der Waals surface area contributed by atoms with Crippen LogP contribution in [0.5, 0.6) is 5.75 Å². The zero-order chi connectivity index (χ0) is 12.9. The van der Waals surface area contributed by atoms with Gasteiger partial charge in [0.2, 0.25) is 0 Å². The van der Waals surface area contributed by atoms with Gasteiger partial charge in [0, 0.05) is 6.42 Å². The van der Waals surface area contributed by atoms with Gasteiger partial charge in [-0.15, -0.1) is 11.8 Å². The second-order valence-electron chi connectivity index (χ2n) is 3.45. The van der Waals surface area contributed by atoms with Crippen LogP contribution in [-0.2, 0) is 12.6 Å². The van der Waals surface area contributed by atoms with Crippen molar-refractivity contribution in [2.45, 2.75) is 25.9 Å². The van der Waals surface area contributed by atoms with Crippen LogP contribution in [-0.4, -0.2) is 7.11 Å². The minimum atomic E-state index is -4.34. The van der Waals surface area contributed by atoms with Gasteiger partial charge in [-0.1, -0.05) is 6.07 Å². The summed E-state index contributed by atoms with van der Waals surface area (Å²) < 4.78 is 42.4. The van der Waals surface area contributed by atoms with Crippen molar-refractivity contribution in [2.24, 2.45) is 0 Å². The van der Waals surface area contributed by atoms with Crippen LogP contribution in [0.25, 0.3) is 0 Å². The lowest BCUT2D eigenvalue weighted by Gasteiger charge is -2.11. The third kappa shape index (κ3) is 3.70. The van der Waals surface area contributed by atoms with Gasteiger partial charge in [-0.2, -0.15) is 13.2 Å². The molecule has 17 heavy (non-hydrogen) atoms. The van der Waals surface area contributed by atoms with E-state index in [2.05, 4.69) is 11.8 Å². The molecule has 0 bridgehead atoms. The fourth-order valence-corrected chi connectivity index (χ4v) is 1.45. The third-order valence-corrected chi connectivity index (χ3v) is 2.31. The molecule has 0 saturated heterocycles. The molecule has 1 nitrogen and oxygen atoms in total. The van der Waals surface area contributed by atoms with Crippen molar-refractivity contribution in [3.8, 4) is 17.6 Å². The number of methoxy groups -OCH3 is 1. The predicted octanol–water partition coefficient (Wildman–Crippen LogP) is 3.67. The molecule has 0 aliphatic heterocycles. The average Bonchev–Trinajstić information content (AvgIpc) is 2.28. The van der Waals surface area contributed by atoms with Crippen molar-refractivity contribution in [1.82, 2.24) is 0 Å². The maximum Gasteiger partial charge on any atom is 0.416 e. The second kappa shape index (κ2) is 5.62. The van der Waals surface area contributed by atoms with Crippen molar-refractivity contribution in [3.05, 3.63) is 29.3 Å². The molecule has 0 amide bonds. The standard InChI is InChI=1S/C13H13F3O/c1-3-4-5-6-10-7-8-11(13(14,15)16)9-12(10)17-2/h7-9H,5-6H2,1-2H3. The van der Waals surface area contributed by atoms with Crippen LogP contribution in [0.1, 0.15) is 24.5 Å². The number of halogens is 3. The molecule has 4 heteroatoms. The first-order valence-electron chi connectivity index (χ1n) is 5.12. The lowest BCUT2D eigenvalue weighted by molar-refractivity contribution is -0.137. The van der Waals surface area contributed by atoms with Gasteiger partial charge in [0.05, 0.1) is 12.7 Å². The van der Waals surface area contributed by atoms with E-state index >= 15 is 0 Å². The molecule has 1 aromatic rings. The normalized spacial score (nSPS) is 10.6. The minimum Gasteiger partial charge on any atom is -0.496 e. The van der Waals surface area contributed by atoms with Gasteiger partial charge in [0.1, 0.15) is 5.75 Å². The molecule has 0 aliphatic carbocycles. The smallest absolute Gasteiger partial charge is 0.416 e. The van der Waals surface area contributed by atoms with Gasteiger partial charge in [0.15, 0.2) is 0 Å². The Kier molecular flexibility index (Phi) is 4.45. The Morgan fingerprint density at radius 2 is 2.00 bits per heavy atom. The molecule has 0 unspecified atom stereocenters. The summed E-state index contributed by atoms with van der Waals surface area (Å²) in [5.41, 5.74) is 0.0444. The summed E-state index contributed by atoms with van der Waals surface area (Å²) in [4.78, 5) is 0. The molecule has 92 valence electrons. The Balaban J connectivity index is 2.96. The van der Waals surface area contributed by atoms with E-state index in [0.29, 0.717) is 12.8 Å². The van der Waals surface area contributed by atoms with Gasteiger partial charge < -0.3 is 4.74 Å². The van der Waals surface area contributed by atoms with Gasteiger partial charge in [-0.05, 0) is 31.0 Å². The molecule has 0 spiro atoms. The Morgan fingerprint density at radius 1 is 1.29 bits per heavy atom. The molecule has 0 atom stereocenters. The van der Waals surface area contributed by atoms with Crippen LogP contribution < -0.4 is 4.74 Å². The van der Waals surface area contributed by atoms with E-state index in [4.69, 9.17) is 4.74 Å².